The minimum atomic E-state index is -0.0433. The number of hydrogen-bond donors (Lipinski definition) is 0. The Bertz CT molecular complexity index is 715. The lowest BCUT2D eigenvalue weighted by Crippen LogP contribution is -2.22. The van der Waals surface area contributed by atoms with Crippen LogP contribution in [0.1, 0.15) is 12.8 Å². The number of fused-ring (bicyclic) bond motifs is 1. The van der Waals surface area contributed by atoms with Gasteiger partial charge in [-0.05, 0) is 18.6 Å². The second-order valence-electron chi connectivity index (χ2n) is 4.23. The number of nitrogens with zero attached hydrogens (tertiary/aromatic N) is 3. The minimum Gasteiger partial charge on any atom is -0.283 e. The number of unbranched alkanes of at least 4 members (excludes halogenated alkanes) is 1. The number of rotatable bonds is 6. The zero-order valence-corrected chi connectivity index (χ0v) is 11.9. The summed E-state index contributed by atoms with van der Waals surface area (Å²) in [5.41, 5.74) is 0.666. The van der Waals surface area contributed by atoms with Gasteiger partial charge < -0.3 is 0 Å². The van der Waals surface area contributed by atoms with Crippen LogP contribution in [0, 0.1) is 11.3 Å². The van der Waals surface area contributed by atoms with Gasteiger partial charge in [0, 0.05) is 18.7 Å². The first-order valence-corrected chi connectivity index (χ1v) is 7.36. The molecule has 5 heteroatoms. The van der Waals surface area contributed by atoms with Crippen LogP contribution >= 0.6 is 11.8 Å². The number of thioether (sulfide) groups is 1. The first kappa shape index (κ1) is 14.4. The van der Waals surface area contributed by atoms with Crippen molar-refractivity contribution < 1.29 is 0 Å². The maximum Gasteiger partial charge on any atom is 0.262 e. The van der Waals surface area contributed by atoms with E-state index in [9.17, 15) is 4.79 Å². The summed E-state index contributed by atoms with van der Waals surface area (Å²) in [5, 5.41) is 9.85. The molecule has 0 atom stereocenters. The van der Waals surface area contributed by atoms with E-state index < -0.39 is 0 Å². The van der Waals surface area contributed by atoms with Crippen LogP contribution in [-0.2, 0) is 6.54 Å². The number of allylic oxidation sites excluding steroid dienone is 1. The summed E-state index contributed by atoms with van der Waals surface area (Å²) in [6.45, 7) is 4.13. The van der Waals surface area contributed by atoms with Crippen LogP contribution in [-0.4, -0.2) is 15.3 Å². The average Bonchev–Trinajstić information content (AvgIpc) is 2.47. The zero-order valence-electron chi connectivity index (χ0n) is 11.1. The van der Waals surface area contributed by atoms with Gasteiger partial charge in [-0.3, -0.25) is 9.36 Å². The highest BCUT2D eigenvalue weighted by Crippen LogP contribution is 2.19. The Morgan fingerprint density at radius 3 is 3.00 bits per heavy atom. The monoisotopic (exact) mass is 285 g/mol. The molecule has 0 amide bonds. The molecular weight excluding hydrogens is 270 g/mol. The predicted octanol–water partition coefficient (Wildman–Crippen LogP) is 2.98. The lowest BCUT2D eigenvalue weighted by atomic mass is 10.2. The first-order valence-electron chi connectivity index (χ1n) is 6.38. The van der Waals surface area contributed by atoms with Crippen LogP contribution in [0.3, 0.4) is 0 Å². The van der Waals surface area contributed by atoms with Crippen LogP contribution in [0.5, 0.6) is 0 Å². The number of nitriles is 1. The molecule has 102 valence electrons. The molecule has 2 aromatic rings. The number of benzene rings is 1. The Morgan fingerprint density at radius 1 is 1.45 bits per heavy atom. The molecule has 0 unspecified atom stereocenters. The van der Waals surface area contributed by atoms with Gasteiger partial charge in [-0.1, -0.05) is 30.0 Å². The van der Waals surface area contributed by atoms with Crippen molar-refractivity contribution in [2.24, 2.45) is 0 Å². The van der Waals surface area contributed by atoms with Crippen molar-refractivity contribution in [2.45, 2.75) is 24.5 Å². The lowest BCUT2D eigenvalue weighted by molar-refractivity contribution is 0.671. The van der Waals surface area contributed by atoms with Gasteiger partial charge in [-0.15, -0.1) is 6.58 Å². The van der Waals surface area contributed by atoms with E-state index in [1.165, 1.54) is 11.8 Å². The van der Waals surface area contributed by atoms with Gasteiger partial charge >= 0.3 is 0 Å². The summed E-state index contributed by atoms with van der Waals surface area (Å²) in [4.78, 5) is 17.0. The van der Waals surface area contributed by atoms with Gasteiger partial charge in [0.05, 0.1) is 17.0 Å². The molecule has 0 N–H and O–H groups in total. The molecule has 0 radical (unpaired) electrons. The molecule has 0 fully saturated rings. The van der Waals surface area contributed by atoms with Gasteiger partial charge in [0.1, 0.15) is 0 Å². The fourth-order valence-electron chi connectivity index (χ4n) is 1.86. The first-order chi connectivity index (χ1) is 9.77. The van der Waals surface area contributed by atoms with E-state index >= 15 is 0 Å². The third-order valence-corrected chi connectivity index (χ3v) is 3.87. The predicted molar refractivity (Wildman–Crippen MR) is 81.8 cm³/mol. The van der Waals surface area contributed by atoms with Gasteiger partial charge in [0.15, 0.2) is 5.16 Å². The molecule has 0 spiro atoms. The molecule has 20 heavy (non-hydrogen) atoms. The summed E-state index contributed by atoms with van der Waals surface area (Å²) in [7, 11) is 0. The van der Waals surface area contributed by atoms with Crippen LogP contribution in [0.2, 0.25) is 0 Å². The Balaban J connectivity index is 2.40. The topological polar surface area (TPSA) is 58.7 Å². The van der Waals surface area contributed by atoms with Crippen molar-refractivity contribution in [2.75, 3.05) is 5.75 Å². The van der Waals surface area contributed by atoms with E-state index in [1.807, 2.05) is 18.2 Å². The van der Waals surface area contributed by atoms with Crippen molar-refractivity contribution in [1.82, 2.24) is 9.55 Å². The number of hydrogen-bond acceptors (Lipinski definition) is 4. The SMILES string of the molecule is C=CCn1c(SCCCC#N)nc2ccccc2c1=O. The Morgan fingerprint density at radius 2 is 2.25 bits per heavy atom. The van der Waals surface area contributed by atoms with Gasteiger partial charge in [0.25, 0.3) is 5.56 Å². The highest BCUT2D eigenvalue weighted by atomic mass is 32.2. The summed E-state index contributed by atoms with van der Waals surface area (Å²) < 4.78 is 1.63. The van der Waals surface area contributed by atoms with Crippen molar-refractivity contribution >= 4 is 22.7 Å². The molecule has 4 nitrogen and oxygen atoms in total. The molecule has 0 aliphatic rings. The Labute approximate surface area is 121 Å². The van der Waals surface area contributed by atoms with E-state index in [4.69, 9.17) is 5.26 Å². The summed E-state index contributed by atoms with van der Waals surface area (Å²) >= 11 is 1.51. The van der Waals surface area contributed by atoms with Crippen molar-refractivity contribution in [3.05, 3.63) is 47.3 Å². The van der Waals surface area contributed by atoms with Gasteiger partial charge in [-0.25, -0.2) is 4.98 Å². The average molecular weight is 285 g/mol. The second-order valence-corrected chi connectivity index (χ2v) is 5.29. The number of aromatic nitrogens is 2. The van der Waals surface area contributed by atoms with E-state index in [0.717, 1.165) is 12.2 Å². The van der Waals surface area contributed by atoms with Crippen molar-refractivity contribution in [1.29, 1.82) is 5.26 Å². The van der Waals surface area contributed by atoms with Gasteiger partial charge in [-0.2, -0.15) is 5.26 Å². The lowest BCUT2D eigenvalue weighted by Gasteiger charge is -2.10. The Hall–Kier alpha value is -2.06. The molecule has 0 bridgehead atoms. The van der Waals surface area contributed by atoms with Crippen molar-refractivity contribution in [3.8, 4) is 6.07 Å². The molecule has 0 aliphatic heterocycles. The van der Waals surface area contributed by atoms with Crippen LogP contribution in [0.4, 0.5) is 0 Å². The van der Waals surface area contributed by atoms with E-state index in [0.29, 0.717) is 29.0 Å². The van der Waals surface area contributed by atoms with E-state index in [1.54, 1.807) is 16.7 Å². The highest BCUT2D eigenvalue weighted by Gasteiger charge is 2.09. The minimum absolute atomic E-state index is 0.0433. The summed E-state index contributed by atoms with van der Waals surface area (Å²) in [6.07, 6.45) is 3.00. The van der Waals surface area contributed by atoms with Gasteiger partial charge in [0.2, 0.25) is 0 Å². The molecule has 1 aromatic carbocycles. The molecule has 0 saturated carbocycles. The maximum absolute atomic E-state index is 12.4. The quantitative estimate of drug-likeness (QED) is 0.354. The molecule has 0 aliphatic carbocycles. The molecule has 2 rings (SSSR count). The fraction of sp³-hybridized carbons (Fsp3) is 0.267. The normalized spacial score (nSPS) is 10.3. The molecular formula is C15H15N3OS. The van der Waals surface area contributed by atoms with E-state index in [-0.39, 0.29) is 5.56 Å². The smallest absolute Gasteiger partial charge is 0.262 e. The standard InChI is InChI=1S/C15H15N3OS/c1-2-10-18-14(19)12-7-3-4-8-13(12)17-15(18)20-11-6-5-9-16/h2-4,7-8H,1,5-6,10-11H2. The van der Waals surface area contributed by atoms with Crippen LogP contribution < -0.4 is 5.56 Å². The van der Waals surface area contributed by atoms with E-state index in [2.05, 4.69) is 17.6 Å². The van der Waals surface area contributed by atoms with Crippen molar-refractivity contribution in [3.63, 3.8) is 0 Å². The molecule has 1 heterocycles. The van der Waals surface area contributed by atoms with Crippen LogP contribution in [0.25, 0.3) is 10.9 Å². The van der Waals surface area contributed by atoms with Crippen LogP contribution in [0.15, 0.2) is 46.9 Å². The third-order valence-electron chi connectivity index (χ3n) is 2.80. The number of para-hydroxylation sites is 1. The highest BCUT2D eigenvalue weighted by molar-refractivity contribution is 7.99. The largest absolute Gasteiger partial charge is 0.283 e. The fourth-order valence-corrected chi connectivity index (χ4v) is 2.81. The molecule has 1 aromatic heterocycles. The third kappa shape index (κ3) is 3.09. The zero-order chi connectivity index (χ0) is 14.4. The second kappa shape index (κ2) is 6.92. The Kier molecular flexibility index (Phi) is 4.97. The summed E-state index contributed by atoms with van der Waals surface area (Å²) in [6, 6.07) is 9.45. The maximum atomic E-state index is 12.4. The summed E-state index contributed by atoms with van der Waals surface area (Å²) in [5.74, 6) is 0.773. The molecule has 0 saturated heterocycles.